The third-order valence-corrected chi connectivity index (χ3v) is 10.5. The van der Waals surface area contributed by atoms with E-state index in [0.717, 1.165) is 48.2 Å². The molecule has 184 valence electrons. The zero-order valence-corrected chi connectivity index (χ0v) is 25.3. The molecule has 0 aromatic heterocycles. The number of benzene rings is 1. The molecule has 0 heterocycles. The lowest BCUT2D eigenvalue weighted by atomic mass is 9.59. The van der Waals surface area contributed by atoms with Crippen molar-refractivity contribution in [2.75, 3.05) is 0 Å². The molecule has 0 bridgehead atoms. The number of rotatable bonds is 4. The van der Waals surface area contributed by atoms with Gasteiger partial charge in [0.05, 0.1) is 9.61 Å². The minimum Gasteiger partial charge on any atom is -0.506 e. The maximum absolute atomic E-state index is 10.7. The van der Waals surface area contributed by atoms with Crippen LogP contribution >= 0.6 is 45.2 Å². The van der Waals surface area contributed by atoms with Crippen molar-refractivity contribution in [1.29, 1.82) is 0 Å². The number of aromatic hydroxyl groups is 1. The maximum Gasteiger partial charge on any atom is 0.137 e. The second kappa shape index (κ2) is 11.5. The molecule has 0 aliphatic heterocycles. The van der Waals surface area contributed by atoms with Gasteiger partial charge in [0, 0.05) is 15.3 Å². The van der Waals surface area contributed by atoms with Gasteiger partial charge >= 0.3 is 0 Å². The number of phenols is 1. The monoisotopic (exact) mass is 675 g/mol. The van der Waals surface area contributed by atoms with Crippen LogP contribution in [0.3, 0.4) is 0 Å². The minimum atomic E-state index is 0.392. The highest BCUT2D eigenvalue weighted by Gasteiger charge is 2.43. The van der Waals surface area contributed by atoms with Crippen molar-refractivity contribution in [3.63, 3.8) is 0 Å². The van der Waals surface area contributed by atoms with E-state index in [1.54, 1.807) is 0 Å². The van der Waals surface area contributed by atoms with Crippen LogP contribution in [0, 0.1) is 54.5 Å². The molecule has 4 rings (SSSR count). The number of halogens is 2. The molecule has 1 N–H and O–H groups in total. The van der Waals surface area contributed by atoms with Crippen molar-refractivity contribution >= 4 is 51.4 Å². The first-order valence-electron chi connectivity index (χ1n) is 13.4. The van der Waals surface area contributed by atoms with Gasteiger partial charge < -0.3 is 5.11 Å². The van der Waals surface area contributed by atoms with Gasteiger partial charge in [-0.05, 0) is 156 Å². The molecule has 0 saturated heterocycles. The van der Waals surface area contributed by atoms with Crippen molar-refractivity contribution in [2.24, 2.45) is 52.3 Å². The van der Waals surface area contributed by atoms with Gasteiger partial charge in [-0.3, -0.25) is 4.99 Å². The third-order valence-electron chi connectivity index (χ3n) is 9.04. The molecule has 3 aliphatic carbocycles. The van der Waals surface area contributed by atoms with Gasteiger partial charge in [-0.1, -0.05) is 34.1 Å². The number of phenolic OH excluding ortho intramolecular Hbond substituents is 1. The van der Waals surface area contributed by atoms with Gasteiger partial charge in [-0.2, -0.15) is 0 Å². The molecule has 33 heavy (non-hydrogen) atoms. The summed E-state index contributed by atoms with van der Waals surface area (Å²) < 4.78 is 2.08. The summed E-state index contributed by atoms with van der Waals surface area (Å²) in [5.74, 6) is 6.83. The molecule has 0 radical (unpaired) electrons. The van der Waals surface area contributed by atoms with Crippen LogP contribution in [0.5, 0.6) is 5.75 Å². The van der Waals surface area contributed by atoms with Crippen LogP contribution in [0.15, 0.2) is 17.1 Å². The molecule has 2 nitrogen and oxygen atoms in total. The van der Waals surface area contributed by atoms with Crippen molar-refractivity contribution < 1.29 is 5.11 Å². The van der Waals surface area contributed by atoms with Crippen LogP contribution < -0.4 is 0 Å². The Morgan fingerprint density at radius 1 is 0.788 bits per heavy atom. The summed E-state index contributed by atoms with van der Waals surface area (Å²) in [4.78, 5) is 5.42. The lowest BCUT2D eigenvalue weighted by molar-refractivity contribution is 0.0494. The first-order chi connectivity index (χ1) is 15.7. The molecule has 1 aromatic carbocycles. The fourth-order valence-corrected chi connectivity index (χ4v) is 9.96. The smallest absolute Gasteiger partial charge is 0.137 e. The Kier molecular flexibility index (Phi) is 9.11. The van der Waals surface area contributed by atoms with E-state index in [1.165, 1.54) is 57.8 Å². The Morgan fingerprint density at radius 2 is 1.27 bits per heavy atom. The average Bonchev–Trinajstić information content (AvgIpc) is 2.73. The lowest BCUT2D eigenvalue weighted by Crippen LogP contribution is -2.43. The molecular formula is C29H43I2NO. The van der Waals surface area contributed by atoms with Crippen molar-refractivity contribution in [3.05, 3.63) is 24.8 Å². The van der Waals surface area contributed by atoms with Crippen LogP contribution in [-0.4, -0.2) is 17.4 Å². The average molecular weight is 675 g/mol. The highest BCUT2D eigenvalue weighted by Crippen LogP contribution is 2.49. The van der Waals surface area contributed by atoms with E-state index in [2.05, 4.69) is 78.9 Å². The third kappa shape index (κ3) is 6.48. The van der Waals surface area contributed by atoms with Gasteiger partial charge in [0.15, 0.2) is 0 Å². The van der Waals surface area contributed by atoms with Crippen molar-refractivity contribution in [3.8, 4) is 5.75 Å². The van der Waals surface area contributed by atoms with E-state index in [0.29, 0.717) is 23.6 Å². The van der Waals surface area contributed by atoms with E-state index < -0.39 is 0 Å². The highest BCUT2D eigenvalue weighted by molar-refractivity contribution is 14.1. The zero-order chi connectivity index (χ0) is 23.7. The highest BCUT2D eigenvalue weighted by atomic mass is 127. The van der Waals surface area contributed by atoms with Crippen molar-refractivity contribution in [2.45, 2.75) is 91.5 Å². The Hall–Kier alpha value is 0.150. The van der Waals surface area contributed by atoms with Crippen LogP contribution in [0.4, 0.5) is 0 Å². The number of hydrogen-bond donors (Lipinski definition) is 1. The molecule has 0 spiro atoms. The summed E-state index contributed by atoms with van der Waals surface area (Å²) >= 11 is 4.59. The van der Waals surface area contributed by atoms with E-state index in [9.17, 15) is 5.11 Å². The summed E-state index contributed by atoms with van der Waals surface area (Å²) in [7, 11) is 0. The predicted molar refractivity (Wildman–Crippen MR) is 157 cm³/mol. The van der Waals surface area contributed by atoms with Gasteiger partial charge in [0.25, 0.3) is 0 Å². The van der Waals surface area contributed by atoms with E-state index in [-0.39, 0.29) is 0 Å². The minimum absolute atomic E-state index is 0.392. The normalized spacial score (nSPS) is 40.2. The quantitative estimate of drug-likeness (QED) is 0.251. The van der Waals surface area contributed by atoms with Gasteiger partial charge in [0.2, 0.25) is 0 Å². The summed E-state index contributed by atoms with van der Waals surface area (Å²) in [6.45, 7) is 9.88. The van der Waals surface area contributed by atoms with Gasteiger partial charge in [-0.15, -0.1) is 0 Å². The molecule has 4 heteroatoms. The summed E-state index contributed by atoms with van der Waals surface area (Å²) in [5, 5.41) is 10.7. The molecule has 6 unspecified atom stereocenters. The lowest BCUT2D eigenvalue weighted by Gasteiger charge is -2.47. The first kappa shape index (κ1) is 26.2. The summed E-state index contributed by atoms with van der Waals surface area (Å²) in [6.07, 6.45) is 14.4. The van der Waals surface area contributed by atoms with Crippen LogP contribution in [-0.2, 0) is 0 Å². The Morgan fingerprint density at radius 3 is 1.76 bits per heavy atom. The maximum atomic E-state index is 10.7. The van der Waals surface area contributed by atoms with E-state index >= 15 is 0 Å². The fraction of sp³-hybridized carbons (Fsp3) is 0.759. The second-order valence-electron chi connectivity index (χ2n) is 12.2. The largest absolute Gasteiger partial charge is 0.506 e. The molecule has 3 aliphatic rings. The predicted octanol–water partition coefficient (Wildman–Crippen LogP) is 8.95. The number of nitrogens with zero attached hydrogens (tertiary/aromatic N) is 1. The topological polar surface area (TPSA) is 32.6 Å². The number of hydrogen-bond acceptors (Lipinski definition) is 2. The SMILES string of the molecule is CC1CC(C)CC(C2CCCC(C3CC(C)CC(C)C3)C2N=Cc2cc(I)cc(I)c2O)C1. The fourth-order valence-electron chi connectivity index (χ4n) is 8.07. The Labute approximate surface area is 229 Å². The standard InChI is InChI=1S/C29H43I2NO/c1-17-8-18(2)11-21(10-17)25-6-5-7-26(22-12-19(3)9-20(4)13-22)28(25)32-16-23-14-24(30)15-27(31)29(23)33/h14-22,25-26,28,33H,5-13H2,1-4H3. The van der Waals surface area contributed by atoms with Gasteiger partial charge in [0.1, 0.15) is 5.75 Å². The molecule has 1 aromatic rings. The van der Waals surface area contributed by atoms with Gasteiger partial charge in [-0.25, -0.2) is 0 Å². The van der Waals surface area contributed by atoms with Crippen LogP contribution in [0.25, 0.3) is 0 Å². The molecule has 6 atom stereocenters. The molecule has 0 amide bonds. The van der Waals surface area contributed by atoms with Crippen molar-refractivity contribution in [1.82, 2.24) is 0 Å². The summed E-state index contributed by atoms with van der Waals surface area (Å²) in [5.41, 5.74) is 0.894. The van der Waals surface area contributed by atoms with E-state index in [4.69, 9.17) is 4.99 Å². The van der Waals surface area contributed by atoms with E-state index in [1.807, 2.05) is 12.3 Å². The second-order valence-corrected chi connectivity index (χ2v) is 14.6. The molecule has 3 fully saturated rings. The number of aliphatic imine (C=N–C) groups is 1. The Bertz CT molecular complexity index is 785. The zero-order valence-electron chi connectivity index (χ0n) is 20.9. The molecular weight excluding hydrogens is 632 g/mol. The molecule has 3 saturated carbocycles. The first-order valence-corrected chi connectivity index (χ1v) is 15.6. The van der Waals surface area contributed by atoms with Crippen LogP contribution in [0.2, 0.25) is 0 Å². The van der Waals surface area contributed by atoms with Crippen LogP contribution in [0.1, 0.15) is 91.0 Å². The Balaban J connectivity index is 1.66. The summed E-state index contributed by atoms with van der Waals surface area (Å²) in [6, 6.07) is 4.54.